The van der Waals surface area contributed by atoms with E-state index in [9.17, 15) is 0 Å². The molecule has 1 saturated heterocycles. The molecule has 2 aromatic rings. The molecule has 176 valence electrons. The molecule has 0 radical (unpaired) electrons. The molecule has 0 saturated carbocycles. The van der Waals surface area contributed by atoms with Gasteiger partial charge in [-0.25, -0.2) is 0 Å². The van der Waals surface area contributed by atoms with Crippen LogP contribution in [0, 0.1) is 5.92 Å². The summed E-state index contributed by atoms with van der Waals surface area (Å²) in [5, 5.41) is 7.70. The average Bonchev–Trinajstić information content (AvgIpc) is 2.79. The van der Waals surface area contributed by atoms with Crippen LogP contribution in [0.25, 0.3) is 0 Å². The second kappa shape index (κ2) is 13.1. The first-order valence-corrected chi connectivity index (χ1v) is 11.0. The largest absolute Gasteiger partial charge is 0.493 e. The summed E-state index contributed by atoms with van der Waals surface area (Å²) in [5.74, 6) is 2.70. The highest BCUT2D eigenvalue weighted by Gasteiger charge is 2.30. The van der Waals surface area contributed by atoms with Crippen molar-refractivity contribution in [1.29, 1.82) is 0 Å². The van der Waals surface area contributed by atoms with Crippen molar-refractivity contribution in [3.63, 3.8) is 0 Å². The van der Waals surface area contributed by atoms with Crippen molar-refractivity contribution in [3.05, 3.63) is 58.6 Å². The first kappa shape index (κ1) is 26.5. The zero-order valence-electron chi connectivity index (χ0n) is 19.2. The number of rotatable bonds is 7. The number of piperidine rings is 1. The predicted molar refractivity (Wildman–Crippen MR) is 143 cm³/mol. The summed E-state index contributed by atoms with van der Waals surface area (Å²) in [6.45, 7) is 2.58. The number of methoxy groups -OCH3 is 2. The molecule has 2 atom stereocenters. The van der Waals surface area contributed by atoms with Crippen LogP contribution in [0.15, 0.2) is 47.5 Å². The molecule has 1 heterocycles. The van der Waals surface area contributed by atoms with Gasteiger partial charge < -0.3 is 20.1 Å². The number of hydrogen-bond donors (Lipinski definition) is 2. The van der Waals surface area contributed by atoms with E-state index < -0.39 is 0 Å². The van der Waals surface area contributed by atoms with Crippen molar-refractivity contribution >= 4 is 41.5 Å². The van der Waals surface area contributed by atoms with Gasteiger partial charge in [0.05, 0.1) is 14.2 Å². The fourth-order valence-electron chi connectivity index (χ4n) is 4.32. The maximum Gasteiger partial charge on any atom is 0.191 e. The van der Waals surface area contributed by atoms with Gasteiger partial charge in [-0.3, -0.25) is 9.89 Å². The monoisotopic (exact) mass is 572 g/mol. The highest BCUT2D eigenvalue weighted by atomic mass is 127. The molecule has 0 spiro atoms. The third-order valence-corrected chi connectivity index (χ3v) is 6.10. The van der Waals surface area contributed by atoms with Gasteiger partial charge >= 0.3 is 0 Å². The molecular formula is C24H34ClIN4O2. The minimum absolute atomic E-state index is 0. The Labute approximate surface area is 213 Å². The molecule has 1 aliphatic heterocycles. The maximum atomic E-state index is 6.27. The number of ether oxygens (including phenoxy) is 2. The Balaban J connectivity index is 0.00000363. The molecule has 0 amide bonds. The zero-order valence-corrected chi connectivity index (χ0v) is 22.3. The Morgan fingerprint density at radius 1 is 1.12 bits per heavy atom. The zero-order chi connectivity index (χ0) is 22.2. The maximum absolute atomic E-state index is 6.27. The van der Waals surface area contributed by atoms with Crippen LogP contribution in [0.1, 0.15) is 30.0 Å². The third-order valence-electron chi connectivity index (χ3n) is 5.86. The molecule has 32 heavy (non-hydrogen) atoms. The number of hydrogen-bond acceptors (Lipinski definition) is 4. The number of nitrogens with one attached hydrogen (secondary N) is 2. The van der Waals surface area contributed by atoms with Gasteiger partial charge in [0, 0.05) is 31.2 Å². The van der Waals surface area contributed by atoms with Gasteiger partial charge in [0.15, 0.2) is 17.5 Å². The van der Waals surface area contributed by atoms with Crippen LogP contribution < -0.4 is 20.1 Å². The van der Waals surface area contributed by atoms with Crippen molar-refractivity contribution in [2.45, 2.75) is 25.4 Å². The van der Waals surface area contributed by atoms with Crippen LogP contribution in [0.4, 0.5) is 0 Å². The van der Waals surface area contributed by atoms with Gasteiger partial charge in [-0.2, -0.15) is 0 Å². The van der Waals surface area contributed by atoms with Crippen molar-refractivity contribution in [3.8, 4) is 11.5 Å². The number of likely N-dealkylation sites (tertiary alicyclic amines) is 1. The van der Waals surface area contributed by atoms with Gasteiger partial charge in [-0.1, -0.05) is 29.8 Å². The van der Waals surface area contributed by atoms with Crippen LogP contribution in [0.5, 0.6) is 11.5 Å². The SMILES string of the molecule is CN=C(NCc1ccc(OC)c(OC)c1)NCC1CCCN(C)C1c1cccc(Cl)c1.I. The summed E-state index contributed by atoms with van der Waals surface area (Å²) in [6, 6.07) is 14.5. The van der Waals surface area contributed by atoms with E-state index in [0.29, 0.717) is 18.5 Å². The van der Waals surface area contributed by atoms with Crippen molar-refractivity contribution < 1.29 is 9.47 Å². The minimum atomic E-state index is 0. The molecule has 3 rings (SSSR count). The van der Waals surface area contributed by atoms with Crippen molar-refractivity contribution in [2.24, 2.45) is 10.9 Å². The fourth-order valence-corrected chi connectivity index (χ4v) is 4.51. The molecular weight excluding hydrogens is 539 g/mol. The molecule has 2 N–H and O–H groups in total. The van der Waals surface area contributed by atoms with Gasteiger partial charge in [0.25, 0.3) is 0 Å². The Bertz CT molecular complexity index is 896. The van der Waals surface area contributed by atoms with Crippen molar-refractivity contribution in [1.82, 2.24) is 15.5 Å². The lowest BCUT2D eigenvalue weighted by molar-refractivity contribution is 0.122. The number of benzene rings is 2. The quantitative estimate of drug-likeness (QED) is 0.286. The van der Waals surface area contributed by atoms with E-state index in [0.717, 1.165) is 41.1 Å². The van der Waals surface area contributed by atoms with E-state index in [2.05, 4.69) is 39.7 Å². The minimum Gasteiger partial charge on any atom is -0.493 e. The van der Waals surface area contributed by atoms with E-state index in [1.54, 1.807) is 21.3 Å². The molecule has 0 aliphatic carbocycles. The van der Waals surface area contributed by atoms with E-state index in [1.165, 1.54) is 18.4 Å². The average molecular weight is 573 g/mol. The molecule has 8 heteroatoms. The molecule has 2 aromatic carbocycles. The first-order valence-electron chi connectivity index (χ1n) is 10.7. The number of halogens is 2. The van der Waals surface area contributed by atoms with Crippen LogP contribution in [-0.2, 0) is 6.54 Å². The molecule has 0 bridgehead atoms. The molecule has 1 fully saturated rings. The van der Waals surface area contributed by atoms with Gasteiger partial charge in [0.2, 0.25) is 0 Å². The molecule has 6 nitrogen and oxygen atoms in total. The van der Waals surface area contributed by atoms with Crippen LogP contribution in [0.3, 0.4) is 0 Å². The van der Waals surface area contributed by atoms with Crippen LogP contribution >= 0.6 is 35.6 Å². The second-order valence-electron chi connectivity index (χ2n) is 7.88. The van der Waals surface area contributed by atoms with E-state index in [-0.39, 0.29) is 24.0 Å². The third kappa shape index (κ3) is 6.89. The van der Waals surface area contributed by atoms with Gasteiger partial charge in [0.1, 0.15) is 0 Å². The van der Waals surface area contributed by atoms with Gasteiger partial charge in [-0.15, -0.1) is 24.0 Å². The summed E-state index contributed by atoms with van der Waals surface area (Å²) in [7, 11) is 7.28. The normalized spacial score (nSPS) is 19.1. The fraction of sp³-hybridized carbons (Fsp3) is 0.458. The summed E-state index contributed by atoms with van der Waals surface area (Å²) >= 11 is 6.27. The number of nitrogens with zero attached hydrogens (tertiary/aromatic N) is 2. The topological polar surface area (TPSA) is 58.1 Å². The Kier molecular flexibility index (Phi) is 10.9. The molecule has 2 unspecified atom stereocenters. The lowest BCUT2D eigenvalue weighted by atomic mass is 9.85. The lowest BCUT2D eigenvalue weighted by Gasteiger charge is -2.40. The van der Waals surface area contributed by atoms with Crippen LogP contribution in [-0.4, -0.2) is 52.3 Å². The van der Waals surface area contributed by atoms with E-state index in [1.807, 2.05) is 30.3 Å². The predicted octanol–water partition coefficient (Wildman–Crippen LogP) is 4.72. The van der Waals surface area contributed by atoms with E-state index in [4.69, 9.17) is 21.1 Å². The summed E-state index contributed by atoms with van der Waals surface area (Å²) in [6.07, 6.45) is 2.36. The Hall–Kier alpha value is -1.71. The highest BCUT2D eigenvalue weighted by molar-refractivity contribution is 14.0. The summed E-state index contributed by atoms with van der Waals surface area (Å²) in [5.41, 5.74) is 2.37. The number of guanidine groups is 1. The highest BCUT2D eigenvalue weighted by Crippen LogP contribution is 2.35. The van der Waals surface area contributed by atoms with Crippen molar-refractivity contribution in [2.75, 3.05) is 41.4 Å². The van der Waals surface area contributed by atoms with Gasteiger partial charge in [-0.05, 0) is 67.7 Å². The Morgan fingerprint density at radius 3 is 2.59 bits per heavy atom. The lowest BCUT2D eigenvalue weighted by Crippen LogP contribution is -2.44. The molecule has 0 aromatic heterocycles. The van der Waals surface area contributed by atoms with E-state index >= 15 is 0 Å². The summed E-state index contributed by atoms with van der Waals surface area (Å²) in [4.78, 5) is 6.83. The number of aliphatic imine (C=N–C) groups is 1. The second-order valence-corrected chi connectivity index (χ2v) is 8.32. The smallest absolute Gasteiger partial charge is 0.191 e. The van der Waals surface area contributed by atoms with Crippen LogP contribution in [0.2, 0.25) is 5.02 Å². The standard InChI is InChI=1S/C24H33ClN4O2.HI/c1-26-24(27-15-17-10-11-21(30-3)22(13-17)31-4)28-16-19-8-6-12-29(2)23(19)18-7-5-9-20(25)14-18;/h5,7,9-11,13-14,19,23H,6,8,12,15-16H2,1-4H3,(H2,26,27,28);1H. The Morgan fingerprint density at radius 2 is 1.91 bits per heavy atom. The molecule has 1 aliphatic rings. The summed E-state index contributed by atoms with van der Waals surface area (Å²) < 4.78 is 10.7. The first-order chi connectivity index (χ1) is 15.0.